The fraction of sp³-hybridized carbons (Fsp3) is 0.643. The highest BCUT2D eigenvalue weighted by molar-refractivity contribution is 5.86. The standard InChI is InChI=1S/C28H38N4O3/c1-16(2)35-23-11-21(12-23)27-29-30-28(32(27)22-8-9-22)25-15-31(19(5)33)14-24(25)26(34)13-20-7-6-17(3)10-18(20)4/h6-7,10,16,21-25H,8-9,11-15H2,1-5H3/t21?,23?,24-,25-/m0/s1. The van der Waals surface area contributed by atoms with Crippen LogP contribution in [-0.2, 0) is 20.7 Å². The Morgan fingerprint density at radius 2 is 1.80 bits per heavy atom. The quantitative estimate of drug-likeness (QED) is 0.566. The second-order valence-corrected chi connectivity index (χ2v) is 11.2. The molecule has 1 saturated heterocycles. The second kappa shape index (κ2) is 9.49. The largest absolute Gasteiger partial charge is 0.376 e. The molecule has 5 rings (SSSR count). The number of nitrogens with zero attached hydrogens (tertiary/aromatic N) is 4. The van der Waals surface area contributed by atoms with Crippen molar-refractivity contribution in [3.8, 4) is 0 Å². The highest BCUT2D eigenvalue weighted by Gasteiger charge is 2.45. The number of aryl methyl sites for hydroxylation is 2. The van der Waals surface area contributed by atoms with Crippen LogP contribution in [0.4, 0.5) is 0 Å². The number of carbonyl (C=O) groups is 2. The first kappa shape index (κ1) is 24.2. The fourth-order valence-electron chi connectivity index (χ4n) is 5.84. The van der Waals surface area contributed by atoms with Crippen molar-refractivity contribution in [2.75, 3.05) is 13.1 Å². The molecule has 7 nitrogen and oxygen atoms in total. The van der Waals surface area contributed by atoms with Gasteiger partial charge in [0.25, 0.3) is 0 Å². The van der Waals surface area contributed by atoms with E-state index in [4.69, 9.17) is 9.84 Å². The van der Waals surface area contributed by atoms with Crippen LogP contribution in [0.1, 0.15) is 92.7 Å². The number of hydrogen-bond donors (Lipinski definition) is 0. The summed E-state index contributed by atoms with van der Waals surface area (Å²) in [5, 5.41) is 9.36. The van der Waals surface area contributed by atoms with Gasteiger partial charge >= 0.3 is 0 Å². The molecule has 2 aromatic rings. The molecular formula is C28H38N4O3. The molecule has 0 radical (unpaired) electrons. The maximum Gasteiger partial charge on any atom is 0.219 e. The normalized spacial score (nSPS) is 26.3. The van der Waals surface area contributed by atoms with Gasteiger partial charge in [-0.3, -0.25) is 9.59 Å². The van der Waals surface area contributed by atoms with Crippen LogP contribution in [0.15, 0.2) is 18.2 Å². The van der Waals surface area contributed by atoms with Gasteiger partial charge in [-0.05, 0) is 64.5 Å². The number of benzene rings is 1. The molecular weight excluding hydrogens is 440 g/mol. The molecule has 0 spiro atoms. The summed E-state index contributed by atoms with van der Waals surface area (Å²) in [5.74, 6) is 2.14. The van der Waals surface area contributed by atoms with E-state index < -0.39 is 0 Å². The number of hydrogen-bond acceptors (Lipinski definition) is 5. The maximum atomic E-state index is 13.6. The van der Waals surface area contributed by atoms with Crippen molar-refractivity contribution in [2.45, 2.75) is 96.8 Å². The zero-order valence-electron chi connectivity index (χ0n) is 21.7. The average molecular weight is 479 g/mol. The van der Waals surface area contributed by atoms with Gasteiger partial charge in [-0.1, -0.05) is 23.8 Å². The van der Waals surface area contributed by atoms with E-state index in [0.29, 0.717) is 37.6 Å². The van der Waals surface area contributed by atoms with Crippen LogP contribution in [0, 0.1) is 19.8 Å². The Labute approximate surface area is 208 Å². The first-order valence-corrected chi connectivity index (χ1v) is 13.2. The van der Waals surface area contributed by atoms with Crippen LogP contribution in [0.5, 0.6) is 0 Å². The van der Waals surface area contributed by atoms with Gasteiger partial charge < -0.3 is 14.2 Å². The number of ether oxygens (including phenoxy) is 1. The predicted molar refractivity (Wildman–Crippen MR) is 133 cm³/mol. The molecule has 1 aromatic heterocycles. The predicted octanol–water partition coefficient (Wildman–Crippen LogP) is 4.27. The monoisotopic (exact) mass is 478 g/mol. The van der Waals surface area contributed by atoms with E-state index in [2.05, 4.69) is 55.6 Å². The van der Waals surface area contributed by atoms with E-state index in [1.165, 1.54) is 5.56 Å². The van der Waals surface area contributed by atoms with E-state index in [9.17, 15) is 9.59 Å². The van der Waals surface area contributed by atoms with Crippen LogP contribution in [0.25, 0.3) is 0 Å². The Kier molecular flexibility index (Phi) is 6.55. The van der Waals surface area contributed by atoms with Gasteiger partial charge in [-0.25, -0.2) is 0 Å². The zero-order valence-corrected chi connectivity index (χ0v) is 21.7. The lowest BCUT2D eigenvalue weighted by Crippen LogP contribution is -2.33. The van der Waals surface area contributed by atoms with Crippen molar-refractivity contribution in [1.82, 2.24) is 19.7 Å². The van der Waals surface area contributed by atoms with E-state index >= 15 is 0 Å². The summed E-state index contributed by atoms with van der Waals surface area (Å²) < 4.78 is 8.31. The minimum Gasteiger partial charge on any atom is -0.376 e. The molecule has 3 fully saturated rings. The number of ketones is 1. The van der Waals surface area contributed by atoms with Gasteiger partial charge in [0.2, 0.25) is 5.91 Å². The first-order valence-electron chi connectivity index (χ1n) is 13.2. The maximum absolute atomic E-state index is 13.6. The molecule has 2 saturated carbocycles. The Balaban J connectivity index is 1.40. The van der Waals surface area contributed by atoms with Crippen LogP contribution in [0.2, 0.25) is 0 Å². The number of rotatable bonds is 8. The van der Waals surface area contributed by atoms with Gasteiger partial charge in [-0.2, -0.15) is 0 Å². The summed E-state index contributed by atoms with van der Waals surface area (Å²) >= 11 is 0. The van der Waals surface area contributed by atoms with Crippen molar-refractivity contribution in [1.29, 1.82) is 0 Å². The second-order valence-electron chi connectivity index (χ2n) is 11.2. The summed E-state index contributed by atoms with van der Waals surface area (Å²) in [4.78, 5) is 27.8. The Morgan fingerprint density at radius 3 is 2.43 bits per heavy atom. The Morgan fingerprint density at radius 1 is 1.09 bits per heavy atom. The summed E-state index contributed by atoms with van der Waals surface area (Å²) in [6.45, 7) is 10.9. The molecule has 35 heavy (non-hydrogen) atoms. The lowest BCUT2D eigenvalue weighted by atomic mass is 9.81. The van der Waals surface area contributed by atoms with E-state index in [-0.39, 0.29) is 29.6 Å². The lowest BCUT2D eigenvalue weighted by molar-refractivity contribution is -0.128. The summed E-state index contributed by atoms with van der Waals surface area (Å²) in [5.41, 5.74) is 3.40. The summed E-state index contributed by atoms with van der Waals surface area (Å²) in [6, 6.07) is 6.67. The van der Waals surface area contributed by atoms with Crippen LogP contribution in [-0.4, -0.2) is 56.7 Å². The van der Waals surface area contributed by atoms with Crippen molar-refractivity contribution in [2.24, 2.45) is 5.92 Å². The molecule has 0 N–H and O–H groups in total. The Hall–Kier alpha value is -2.54. The third-order valence-electron chi connectivity index (χ3n) is 7.96. The van der Waals surface area contributed by atoms with E-state index in [1.807, 2.05) is 4.90 Å². The van der Waals surface area contributed by atoms with Crippen molar-refractivity contribution >= 4 is 11.7 Å². The van der Waals surface area contributed by atoms with Gasteiger partial charge in [0.15, 0.2) is 0 Å². The molecule has 1 amide bonds. The molecule has 188 valence electrons. The topological polar surface area (TPSA) is 77.3 Å². The van der Waals surface area contributed by atoms with Gasteiger partial charge in [-0.15, -0.1) is 10.2 Å². The zero-order chi connectivity index (χ0) is 24.9. The molecule has 0 unspecified atom stereocenters. The number of aromatic nitrogens is 3. The molecule has 7 heteroatoms. The van der Waals surface area contributed by atoms with Gasteiger partial charge in [0, 0.05) is 50.2 Å². The number of likely N-dealkylation sites (tertiary alicyclic amines) is 1. The molecule has 2 aliphatic carbocycles. The first-order chi connectivity index (χ1) is 16.7. The third-order valence-corrected chi connectivity index (χ3v) is 7.96. The molecule has 0 bridgehead atoms. The minimum atomic E-state index is -0.257. The summed E-state index contributed by atoms with van der Waals surface area (Å²) in [7, 11) is 0. The molecule has 2 atom stereocenters. The average Bonchev–Trinajstić information content (AvgIpc) is 3.35. The van der Waals surface area contributed by atoms with Gasteiger partial charge in [0.05, 0.1) is 12.2 Å². The minimum absolute atomic E-state index is 0.0159. The van der Waals surface area contributed by atoms with Crippen molar-refractivity contribution in [3.05, 3.63) is 46.5 Å². The third kappa shape index (κ3) is 4.92. The van der Waals surface area contributed by atoms with E-state index in [1.54, 1.807) is 6.92 Å². The molecule has 1 aromatic carbocycles. The Bertz CT molecular complexity index is 1110. The van der Waals surface area contributed by atoms with Crippen LogP contribution < -0.4 is 0 Å². The van der Waals surface area contributed by atoms with Crippen molar-refractivity contribution in [3.63, 3.8) is 0 Å². The number of carbonyl (C=O) groups excluding carboxylic acids is 2. The lowest BCUT2D eigenvalue weighted by Gasteiger charge is -2.36. The number of amides is 1. The smallest absolute Gasteiger partial charge is 0.219 e. The molecule has 1 aliphatic heterocycles. The highest BCUT2D eigenvalue weighted by atomic mass is 16.5. The van der Waals surface area contributed by atoms with Crippen LogP contribution >= 0.6 is 0 Å². The van der Waals surface area contributed by atoms with Crippen molar-refractivity contribution < 1.29 is 14.3 Å². The molecule has 2 heterocycles. The highest BCUT2D eigenvalue weighted by Crippen LogP contribution is 2.46. The number of Topliss-reactive ketones (excluding diaryl/α,β-unsaturated/α-hetero) is 1. The van der Waals surface area contributed by atoms with E-state index in [0.717, 1.165) is 48.5 Å². The molecule has 3 aliphatic rings. The SMILES string of the molecule is CC(=O)N1C[C@H](C(=O)Cc2ccc(C)cc2C)[C@@H](c2nnc(C3CC(OC(C)C)C3)n2C2CC2)C1. The fourth-order valence-corrected chi connectivity index (χ4v) is 5.84. The van der Waals surface area contributed by atoms with Crippen LogP contribution in [0.3, 0.4) is 0 Å². The van der Waals surface area contributed by atoms with Gasteiger partial charge in [0.1, 0.15) is 17.4 Å². The summed E-state index contributed by atoms with van der Waals surface area (Å²) in [6.07, 6.45) is 5.12.